The fraction of sp³-hybridized carbons (Fsp3) is 0.818. The van der Waals surface area contributed by atoms with Crippen molar-refractivity contribution >= 4 is 0 Å². The summed E-state index contributed by atoms with van der Waals surface area (Å²) in [6.07, 6.45) is 4.52. The average molecular weight is 225 g/mol. The highest BCUT2D eigenvalue weighted by Crippen LogP contribution is 2.27. The Balaban J connectivity index is 1.82. The minimum absolute atomic E-state index is 0.272. The van der Waals surface area contributed by atoms with Gasteiger partial charge >= 0.3 is 0 Å². The molecular weight excluding hydrogens is 206 g/mol. The van der Waals surface area contributed by atoms with Crippen molar-refractivity contribution in [3.8, 4) is 0 Å². The van der Waals surface area contributed by atoms with Crippen molar-refractivity contribution in [2.24, 2.45) is 11.7 Å². The van der Waals surface area contributed by atoms with E-state index in [-0.39, 0.29) is 6.10 Å². The van der Waals surface area contributed by atoms with E-state index in [2.05, 4.69) is 10.1 Å². The third-order valence-electron chi connectivity index (χ3n) is 3.13. The van der Waals surface area contributed by atoms with Crippen molar-refractivity contribution < 1.29 is 9.26 Å². The summed E-state index contributed by atoms with van der Waals surface area (Å²) in [4.78, 5) is 4.21. The first kappa shape index (κ1) is 11.5. The van der Waals surface area contributed by atoms with Crippen LogP contribution in [0.4, 0.5) is 0 Å². The van der Waals surface area contributed by atoms with Crippen LogP contribution >= 0.6 is 0 Å². The molecule has 2 rings (SSSR count). The van der Waals surface area contributed by atoms with E-state index in [1.807, 2.05) is 6.92 Å². The summed E-state index contributed by atoms with van der Waals surface area (Å²) in [5.41, 5.74) is 5.69. The predicted octanol–water partition coefficient (Wildman–Crippen LogP) is 1.28. The lowest BCUT2D eigenvalue weighted by Gasteiger charge is -2.17. The average Bonchev–Trinajstić information content (AvgIpc) is 2.94. The smallest absolute Gasteiger partial charge is 0.226 e. The van der Waals surface area contributed by atoms with Crippen molar-refractivity contribution in [1.29, 1.82) is 0 Å². The number of ether oxygens (including phenoxy) is 1. The third kappa shape index (κ3) is 2.59. The van der Waals surface area contributed by atoms with Crippen LogP contribution in [-0.4, -0.2) is 22.8 Å². The summed E-state index contributed by atoms with van der Waals surface area (Å²) in [6.45, 7) is 3.13. The maximum Gasteiger partial charge on any atom is 0.226 e. The zero-order chi connectivity index (χ0) is 11.4. The first-order valence-corrected chi connectivity index (χ1v) is 5.96. The highest BCUT2D eigenvalue weighted by molar-refractivity contribution is 4.85. The number of hydrogen-bond donors (Lipinski definition) is 1. The summed E-state index contributed by atoms with van der Waals surface area (Å²) in [5, 5.41) is 3.86. The number of aryl methyl sites for hydroxylation is 1. The molecule has 2 atom stereocenters. The Labute approximate surface area is 95.3 Å². The normalized spacial score (nSPS) is 25.1. The van der Waals surface area contributed by atoms with Crippen LogP contribution in [0.1, 0.15) is 37.9 Å². The van der Waals surface area contributed by atoms with Gasteiger partial charge in [0, 0.05) is 6.42 Å². The molecule has 0 spiro atoms. The second-order valence-corrected chi connectivity index (χ2v) is 4.23. The molecule has 1 heterocycles. The molecule has 0 aliphatic heterocycles. The Bertz CT molecular complexity index is 327. The van der Waals surface area contributed by atoms with Gasteiger partial charge in [0.2, 0.25) is 5.89 Å². The summed E-state index contributed by atoms with van der Waals surface area (Å²) < 4.78 is 10.8. The summed E-state index contributed by atoms with van der Waals surface area (Å²) in [7, 11) is 0. The molecule has 1 aromatic heterocycles. The van der Waals surface area contributed by atoms with Gasteiger partial charge in [-0.2, -0.15) is 4.98 Å². The van der Waals surface area contributed by atoms with E-state index in [0.717, 1.165) is 12.8 Å². The molecule has 2 unspecified atom stereocenters. The van der Waals surface area contributed by atoms with E-state index in [1.165, 1.54) is 12.8 Å². The van der Waals surface area contributed by atoms with E-state index in [4.69, 9.17) is 15.0 Å². The van der Waals surface area contributed by atoms with E-state index >= 15 is 0 Å². The molecule has 5 nitrogen and oxygen atoms in total. The highest BCUT2D eigenvalue weighted by atomic mass is 16.5. The van der Waals surface area contributed by atoms with E-state index in [9.17, 15) is 0 Å². The van der Waals surface area contributed by atoms with Crippen molar-refractivity contribution in [3.05, 3.63) is 11.7 Å². The van der Waals surface area contributed by atoms with Crippen LogP contribution in [0.2, 0.25) is 0 Å². The molecule has 0 aromatic carbocycles. The molecule has 0 amide bonds. The van der Waals surface area contributed by atoms with Gasteiger partial charge in [0.05, 0.1) is 6.10 Å². The first-order chi connectivity index (χ1) is 7.83. The van der Waals surface area contributed by atoms with Crippen LogP contribution in [-0.2, 0) is 17.8 Å². The zero-order valence-corrected chi connectivity index (χ0v) is 9.69. The van der Waals surface area contributed by atoms with Crippen molar-refractivity contribution in [2.45, 2.75) is 45.3 Å². The van der Waals surface area contributed by atoms with Crippen LogP contribution in [0.5, 0.6) is 0 Å². The Morgan fingerprint density at radius 1 is 1.50 bits per heavy atom. The summed E-state index contributed by atoms with van der Waals surface area (Å²) >= 11 is 0. The molecule has 0 saturated heterocycles. The van der Waals surface area contributed by atoms with Crippen LogP contribution in [0.15, 0.2) is 4.52 Å². The second-order valence-electron chi connectivity index (χ2n) is 4.23. The van der Waals surface area contributed by atoms with Gasteiger partial charge in [0.25, 0.3) is 0 Å². The van der Waals surface area contributed by atoms with Crippen LogP contribution in [0.3, 0.4) is 0 Å². The number of nitrogens with zero attached hydrogens (tertiary/aromatic N) is 2. The van der Waals surface area contributed by atoms with E-state index in [0.29, 0.717) is 30.8 Å². The molecule has 1 saturated carbocycles. The largest absolute Gasteiger partial charge is 0.370 e. The van der Waals surface area contributed by atoms with Crippen LogP contribution in [0, 0.1) is 5.92 Å². The number of rotatable bonds is 5. The van der Waals surface area contributed by atoms with Gasteiger partial charge in [-0.05, 0) is 25.3 Å². The first-order valence-electron chi connectivity index (χ1n) is 5.96. The summed E-state index contributed by atoms with van der Waals surface area (Å²) in [5.74, 6) is 1.80. The van der Waals surface area contributed by atoms with Gasteiger partial charge < -0.3 is 15.0 Å². The Hall–Kier alpha value is -0.940. The maximum atomic E-state index is 5.79. The fourth-order valence-electron chi connectivity index (χ4n) is 2.17. The number of nitrogens with two attached hydrogens (primary N) is 1. The lowest BCUT2D eigenvalue weighted by atomic mass is 10.1. The van der Waals surface area contributed by atoms with E-state index < -0.39 is 0 Å². The molecule has 1 fully saturated rings. The third-order valence-corrected chi connectivity index (χ3v) is 3.13. The highest BCUT2D eigenvalue weighted by Gasteiger charge is 2.27. The SMILES string of the molecule is CCc1nc(COC2CCCC2CN)no1. The fourth-order valence-corrected chi connectivity index (χ4v) is 2.17. The zero-order valence-electron chi connectivity index (χ0n) is 9.69. The Morgan fingerprint density at radius 3 is 3.06 bits per heavy atom. The monoisotopic (exact) mass is 225 g/mol. The van der Waals surface area contributed by atoms with E-state index in [1.54, 1.807) is 0 Å². The second kappa shape index (κ2) is 5.41. The number of hydrogen-bond acceptors (Lipinski definition) is 5. The van der Waals surface area contributed by atoms with Crippen molar-refractivity contribution in [3.63, 3.8) is 0 Å². The van der Waals surface area contributed by atoms with Gasteiger partial charge in [-0.15, -0.1) is 0 Å². The minimum Gasteiger partial charge on any atom is -0.370 e. The lowest BCUT2D eigenvalue weighted by Crippen LogP contribution is -2.25. The van der Waals surface area contributed by atoms with Gasteiger partial charge in [-0.1, -0.05) is 18.5 Å². The molecule has 0 bridgehead atoms. The molecule has 16 heavy (non-hydrogen) atoms. The van der Waals surface area contributed by atoms with Crippen molar-refractivity contribution in [1.82, 2.24) is 10.1 Å². The molecule has 5 heteroatoms. The molecule has 1 aliphatic rings. The predicted molar refractivity (Wildman–Crippen MR) is 58.6 cm³/mol. The number of aromatic nitrogens is 2. The molecular formula is C11H19N3O2. The Morgan fingerprint density at radius 2 is 2.38 bits per heavy atom. The topological polar surface area (TPSA) is 74.2 Å². The molecule has 0 radical (unpaired) electrons. The molecule has 1 aromatic rings. The standard InChI is InChI=1S/C11H19N3O2/c1-2-11-13-10(14-16-11)7-15-9-5-3-4-8(9)6-12/h8-9H,2-7,12H2,1H3. The lowest BCUT2D eigenvalue weighted by molar-refractivity contribution is 0.0140. The molecule has 1 aliphatic carbocycles. The van der Waals surface area contributed by atoms with Crippen LogP contribution in [0.25, 0.3) is 0 Å². The Kier molecular flexibility index (Phi) is 3.90. The molecule has 90 valence electrons. The van der Waals surface area contributed by atoms with Gasteiger partial charge in [-0.3, -0.25) is 0 Å². The quantitative estimate of drug-likeness (QED) is 0.817. The molecule has 2 N–H and O–H groups in total. The van der Waals surface area contributed by atoms with Crippen molar-refractivity contribution in [2.75, 3.05) is 6.54 Å². The van der Waals surface area contributed by atoms with Crippen LogP contribution < -0.4 is 5.73 Å². The minimum atomic E-state index is 0.272. The summed E-state index contributed by atoms with van der Waals surface area (Å²) in [6, 6.07) is 0. The van der Waals surface area contributed by atoms with Gasteiger partial charge in [-0.25, -0.2) is 0 Å². The van der Waals surface area contributed by atoms with Gasteiger partial charge in [0.1, 0.15) is 6.61 Å². The maximum absolute atomic E-state index is 5.79. The van der Waals surface area contributed by atoms with Gasteiger partial charge in [0.15, 0.2) is 5.82 Å².